The van der Waals surface area contributed by atoms with E-state index in [1.54, 1.807) is 0 Å². The summed E-state index contributed by atoms with van der Waals surface area (Å²) in [6.45, 7) is 6.31. The lowest BCUT2D eigenvalue weighted by Gasteiger charge is -2.34. The zero-order valence-corrected chi connectivity index (χ0v) is 12.4. The fourth-order valence-electron chi connectivity index (χ4n) is 2.32. The van der Waals surface area contributed by atoms with Crippen LogP contribution in [-0.4, -0.2) is 30.2 Å². The van der Waals surface area contributed by atoms with Crippen molar-refractivity contribution in [3.63, 3.8) is 0 Å². The van der Waals surface area contributed by atoms with Crippen LogP contribution >= 0.6 is 11.6 Å². The number of benzene rings is 1. The summed E-state index contributed by atoms with van der Waals surface area (Å²) < 4.78 is 0. The van der Waals surface area contributed by atoms with Gasteiger partial charge in [0.15, 0.2) is 0 Å². The van der Waals surface area contributed by atoms with Crippen molar-refractivity contribution < 1.29 is 5.11 Å². The first-order valence-corrected chi connectivity index (χ1v) is 6.97. The molecule has 0 bridgehead atoms. The van der Waals surface area contributed by atoms with Crippen LogP contribution in [0.2, 0.25) is 5.02 Å². The molecule has 1 N–H and O–H groups in total. The molecule has 0 aliphatic rings. The minimum Gasteiger partial charge on any atom is -0.396 e. The van der Waals surface area contributed by atoms with Crippen molar-refractivity contribution in [3.8, 4) is 0 Å². The summed E-state index contributed by atoms with van der Waals surface area (Å²) in [7, 11) is 2.09. The third kappa shape index (κ3) is 4.27. The van der Waals surface area contributed by atoms with Crippen molar-refractivity contribution in [2.45, 2.75) is 33.2 Å². The Bertz CT molecular complexity index is 355. The van der Waals surface area contributed by atoms with Crippen LogP contribution in [0.1, 0.15) is 32.3 Å². The largest absolute Gasteiger partial charge is 0.396 e. The predicted octanol–water partition coefficient (Wildman–Crippen LogP) is 3.57. The predicted molar refractivity (Wildman–Crippen MR) is 77.9 cm³/mol. The quantitative estimate of drug-likeness (QED) is 0.818. The van der Waals surface area contributed by atoms with Gasteiger partial charge in [0.25, 0.3) is 0 Å². The number of aliphatic hydroxyl groups excluding tert-OH is 1. The summed E-state index contributed by atoms with van der Waals surface area (Å²) in [6, 6.07) is 7.95. The molecule has 0 saturated heterocycles. The molecule has 102 valence electrons. The highest BCUT2D eigenvalue weighted by atomic mass is 35.5. The van der Waals surface area contributed by atoms with Crippen molar-refractivity contribution in [1.29, 1.82) is 0 Å². The minimum atomic E-state index is 0.0212. The molecule has 0 spiro atoms. The smallest absolute Gasteiger partial charge is 0.0499 e. The Hall–Kier alpha value is -0.570. The Morgan fingerprint density at radius 2 is 1.94 bits per heavy atom. The maximum Gasteiger partial charge on any atom is 0.0499 e. The molecule has 0 fully saturated rings. The highest BCUT2D eigenvalue weighted by Crippen LogP contribution is 2.27. The second kappa shape index (κ2) is 7.13. The summed E-state index contributed by atoms with van der Waals surface area (Å²) in [5, 5.41) is 10.4. The van der Waals surface area contributed by atoms with E-state index in [0.717, 1.165) is 31.0 Å². The zero-order chi connectivity index (χ0) is 13.6. The fraction of sp³-hybridized carbons (Fsp3) is 0.600. The molecule has 0 aliphatic carbocycles. The van der Waals surface area contributed by atoms with Gasteiger partial charge in [-0.3, -0.25) is 0 Å². The SMILES string of the molecule is CCC(CC)(CO)CN(C)Cc1cccc(Cl)c1. The maximum atomic E-state index is 9.59. The molecule has 0 saturated carbocycles. The zero-order valence-electron chi connectivity index (χ0n) is 11.6. The van der Waals surface area contributed by atoms with E-state index >= 15 is 0 Å². The lowest BCUT2D eigenvalue weighted by atomic mass is 9.83. The molecule has 2 nitrogen and oxygen atoms in total. The lowest BCUT2D eigenvalue weighted by Crippen LogP contribution is -2.37. The van der Waals surface area contributed by atoms with Gasteiger partial charge in [0.2, 0.25) is 0 Å². The Kier molecular flexibility index (Phi) is 6.13. The first-order chi connectivity index (χ1) is 8.55. The standard InChI is InChI=1S/C15H24ClNO/c1-4-15(5-2,12-18)11-17(3)10-13-7-6-8-14(16)9-13/h6-9,18H,4-5,10-12H2,1-3H3. The number of hydrogen-bond acceptors (Lipinski definition) is 2. The number of hydrogen-bond donors (Lipinski definition) is 1. The number of rotatable bonds is 7. The molecule has 0 aliphatic heterocycles. The van der Waals surface area contributed by atoms with Crippen molar-refractivity contribution in [3.05, 3.63) is 34.9 Å². The highest BCUT2D eigenvalue weighted by molar-refractivity contribution is 6.30. The molecular weight excluding hydrogens is 246 g/mol. The molecule has 1 rings (SSSR count). The van der Waals surface area contributed by atoms with E-state index in [9.17, 15) is 5.11 Å². The van der Waals surface area contributed by atoms with Gasteiger partial charge in [-0.15, -0.1) is 0 Å². The maximum absolute atomic E-state index is 9.59. The van der Waals surface area contributed by atoms with Gasteiger partial charge in [0.1, 0.15) is 0 Å². The van der Waals surface area contributed by atoms with E-state index in [1.807, 2.05) is 18.2 Å². The third-order valence-electron chi connectivity index (χ3n) is 3.78. The van der Waals surface area contributed by atoms with Gasteiger partial charge in [-0.25, -0.2) is 0 Å². The van der Waals surface area contributed by atoms with Crippen LogP contribution in [0, 0.1) is 5.41 Å². The van der Waals surface area contributed by atoms with Crippen molar-refractivity contribution in [2.24, 2.45) is 5.41 Å². The molecule has 18 heavy (non-hydrogen) atoms. The minimum absolute atomic E-state index is 0.0212. The number of aliphatic hydroxyl groups is 1. The molecule has 0 aromatic heterocycles. The van der Waals surface area contributed by atoms with Gasteiger partial charge in [0.05, 0.1) is 0 Å². The van der Waals surface area contributed by atoms with Crippen LogP contribution in [0.15, 0.2) is 24.3 Å². The second-order valence-corrected chi connectivity index (χ2v) is 5.60. The van der Waals surface area contributed by atoms with Gasteiger partial charge < -0.3 is 10.0 Å². The second-order valence-electron chi connectivity index (χ2n) is 5.17. The topological polar surface area (TPSA) is 23.5 Å². The van der Waals surface area contributed by atoms with Crippen molar-refractivity contribution in [1.82, 2.24) is 4.90 Å². The molecular formula is C15H24ClNO. The summed E-state index contributed by atoms with van der Waals surface area (Å²) in [4.78, 5) is 2.26. The summed E-state index contributed by atoms with van der Waals surface area (Å²) >= 11 is 5.98. The lowest BCUT2D eigenvalue weighted by molar-refractivity contribution is 0.0731. The summed E-state index contributed by atoms with van der Waals surface area (Å²) in [6.07, 6.45) is 2.00. The summed E-state index contributed by atoms with van der Waals surface area (Å²) in [5.41, 5.74) is 1.23. The third-order valence-corrected chi connectivity index (χ3v) is 4.02. The molecule has 0 atom stereocenters. The first-order valence-electron chi connectivity index (χ1n) is 6.59. The molecule has 0 unspecified atom stereocenters. The van der Waals surface area contributed by atoms with Crippen molar-refractivity contribution in [2.75, 3.05) is 20.2 Å². The van der Waals surface area contributed by atoms with E-state index < -0.39 is 0 Å². The van der Waals surface area contributed by atoms with E-state index in [0.29, 0.717) is 0 Å². The van der Waals surface area contributed by atoms with Crippen molar-refractivity contribution >= 4 is 11.6 Å². The number of nitrogens with zero attached hydrogens (tertiary/aromatic N) is 1. The Morgan fingerprint density at radius 3 is 2.44 bits per heavy atom. The van der Waals surface area contributed by atoms with Crippen LogP contribution < -0.4 is 0 Å². The number of halogens is 1. The molecule has 0 amide bonds. The Balaban J connectivity index is 2.63. The van der Waals surface area contributed by atoms with E-state index in [4.69, 9.17) is 11.6 Å². The Morgan fingerprint density at radius 1 is 1.28 bits per heavy atom. The fourth-order valence-corrected chi connectivity index (χ4v) is 2.54. The molecule has 3 heteroatoms. The molecule has 1 aromatic carbocycles. The van der Waals surface area contributed by atoms with E-state index in [2.05, 4.69) is 31.9 Å². The van der Waals surface area contributed by atoms with Crippen LogP contribution in [0.25, 0.3) is 0 Å². The van der Waals surface area contributed by atoms with Gasteiger partial charge in [0, 0.05) is 30.1 Å². The van der Waals surface area contributed by atoms with Gasteiger partial charge >= 0.3 is 0 Å². The van der Waals surface area contributed by atoms with Gasteiger partial charge in [-0.1, -0.05) is 37.6 Å². The van der Waals surface area contributed by atoms with Crippen LogP contribution in [-0.2, 0) is 6.54 Å². The monoisotopic (exact) mass is 269 g/mol. The van der Waals surface area contributed by atoms with Crippen LogP contribution in [0.4, 0.5) is 0 Å². The van der Waals surface area contributed by atoms with Crippen LogP contribution in [0.3, 0.4) is 0 Å². The van der Waals surface area contributed by atoms with Crippen LogP contribution in [0.5, 0.6) is 0 Å². The van der Waals surface area contributed by atoms with E-state index in [-0.39, 0.29) is 12.0 Å². The summed E-state index contributed by atoms with van der Waals surface area (Å²) in [5.74, 6) is 0. The normalized spacial score (nSPS) is 12.1. The Labute approximate surface area is 116 Å². The van der Waals surface area contributed by atoms with Gasteiger partial charge in [-0.05, 0) is 37.6 Å². The highest BCUT2D eigenvalue weighted by Gasteiger charge is 2.26. The molecule has 0 heterocycles. The molecule has 1 aromatic rings. The van der Waals surface area contributed by atoms with Gasteiger partial charge in [-0.2, -0.15) is 0 Å². The first kappa shape index (κ1) is 15.5. The average molecular weight is 270 g/mol. The average Bonchev–Trinajstić information content (AvgIpc) is 2.36. The molecule has 0 radical (unpaired) electrons. The van der Waals surface area contributed by atoms with E-state index in [1.165, 1.54) is 5.56 Å².